The highest BCUT2D eigenvalue weighted by molar-refractivity contribution is 8.00. The Morgan fingerprint density at radius 3 is 2.90 bits per heavy atom. The summed E-state index contributed by atoms with van der Waals surface area (Å²) in [6.45, 7) is 5.21. The zero-order chi connectivity index (χ0) is 21.0. The van der Waals surface area contributed by atoms with Crippen molar-refractivity contribution in [2.24, 2.45) is 0 Å². The zero-order valence-electron chi connectivity index (χ0n) is 16.8. The lowest BCUT2D eigenvalue weighted by Gasteiger charge is -2.18. The van der Waals surface area contributed by atoms with Crippen molar-refractivity contribution < 1.29 is 19.1 Å². The predicted molar refractivity (Wildman–Crippen MR) is 110 cm³/mol. The molecule has 1 aliphatic rings. The van der Waals surface area contributed by atoms with Crippen LogP contribution in [0.4, 0.5) is 0 Å². The minimum atomic E-state index is -0.498. The van der Waals surface area contributed by atoms with Crippen molar-refractivity contribution in [2.75, 3.05) is 20.3 Å². The van der Waals surface area contributed by atoms with Crippen LogP contribution in [-0.4, -0.2) is 53.0 Å². The minimum Gasteiger partial charge on any atom is -0.465 e. The fourth-order valence-electron chi connectivity index (χ4n) is 3.22. The number of carbonyl (C=O) groups excluding carboxylic acids is 2. The number of carbonyl (C=O) groups is 2. The molecule has 0 bridgehead atoms. The SMILES string of the molecule is CCNC(=O)[C@H](C)Sc1nc2cc(C(=O)OC)ccc2c(=O)n1C[C@@H]1CCCO1. The molecule has 8 nitrogen and oxygen atoms in total. The van der Waals surface area contributed by atoms with Gasteiger partial charge in [0.05, 0.1) is 41.5 Å². The molecule has 3 rings (SSSR count). The quantitative estimate of drug-likeness (QED) is 0.416. The van der Waals surface area contributed by atoms with E-state index >= 15 is 0 Å². The Hall–Kier alpha value is -2.39. The molecule has 9 heteroatoms. The molecule has 0 saturated carbocycles. The first-order chi connectivity index (χ1) is 13.9. The first-order valence-corrected chi connectivity index (χ1v) is 10.5. The first kappa shape index (κ1) is 21.3. The monoisotopic (exact) mass is 419 g/mol. The van der Waals surface area contributed by atoms with Gasteiger partial charge < -0.3 is 14.8 Å². The number of nitrogens with one attached hydrogen (secondary N) is 1. The molecule has 1 aromatic carbocycles. The topological polar surface area (TPSA) is 99.5 Å². The van der Waals surface area contributed by atoms with Crippen LogP contribution in [0.3, 0.4) is 0 Å². The van der Waals surface area contributed by atoms with Gasteiger partial charge in [-0.15, -0.1) is 0 Å². The van der Waals surface area contributed by atoms with Gasteiger partial charge in [0.15, 0.2) is 5.16 Å². The molecule has 29 heavy (non-hydrogen) atoms. The van der Waals surface area contributed by atoms with Gasteiger partial charge >= 0.3 is 5.97 Å². The second-order valence-corrected chi connectivity index (χ2v) is 8.13. The van der Waals surface area contributed by atoms with Gasteiger partial charge in [-0.25, -0.2) is 9.78 Å². The van der Waals surface area contributed by atoms with E-state index in [1.165, 1.54) is 18.9 Å². The Morgan fingerprint density at radius 1 is 1.45 bits per heavy atom. The molecule has 156 valence electrons. The number of benzene rings is 1. The normalized spacial score (nSPS) is 17.3. The highest BCUT2D eigenvalue weighted by Crippen LogP contribution is 2.25. The Kier molecular flexibility index (Phi) is 6.92. The number of amides is 1. The lowest BCUT2D eigenvalue weighted by atomic mass is 10.1. The molecule has 1 aromatic heterocycles. The van der Waals surface area contributed by atoms with Gasteiger partial charge in [0, 0.05) is 13.2 Å². The number of hydrogen-bond donors (Lipinski definition) is 1. The molecule has 0 spiro atoms. The van der Waals surface area contributed by atoms with E-state index in [1.807, 2.05) is 6.92 Å². The Bertz CT molecular complexity index is 968. The lowest BCUT2D eigenvalue weighted by Crippen LogP contribution is -2.33. The molecular formula is C20H25N3O5S. The third kappa shape index (κ3) is 4.79. The molecule has 1 amide bonds. The summed E-state index contributed by atoms with van der Waals surface area (Å²) in [6.07, 6.45) is 1.78. The third-order valence-electron chi connectivity index (χ3n) is 4.75. The molecule has 2 atom stereocenters. The van der Waals surface area contributed by atoms with Gasteiger partial charge in [-0.05, 0) is 44.9 Å². The van der Waals surface area contributed by atoms with E-state index < -0.39 is 11.2 Å². The van der Waals surface area contributed by atoms with Crippen LogP contribution in [0.15, 0.2) is 28.2 Å². The molecule has 2 aromatic rings. The standard InChI is InChI=1S/C20H25N3O5S/c1-4-21-17(24)12(2)29-20-22-16-10-13(19(26)27-3)7-8-15(16)18(25)23(20)11-14-6-5-9-28-14/h7-8,10,12,14H,4-6,9,11H2,1-3H3,(H,21,24)/t12-,14-/m0/s1. The summed E-state index contributed by atoms with van der Waals surface area (Å²) in [5, 5.41) is 3.19. The molecule has 1 saturated heterocycles. The van der Waals surface area contributed by atoms with Crippen LogP contribution < -0.4 is 10.9 Å². The summed E-state index contributed by atoms with van der Waals surface area (Å²) in [4.78, 5) is 41.9. The number of thioether (sulfide) groups is 1. The number of rotatable bonds is 7. The van der Waals surface area contributed by atoms with E-state index in [-0.39, 0.29) is 17.6 Å². The average molecular weight is 420 g/mol. The van der Waals surface area contributed by atoms with E-state index in [9.17, 15) is 14.4 Å². The van der Waals surface area contributed by atoms with E-state index in [4.69, 9.17) is 9.47 Å². The Labute approximate surface area is 173 Å². The smallest absolute Gasteiger partial charge is 0.337 e. The number of fused-ring (bicyclic) bond motifs is 1. The number of hydrogen-bond acceptors (Lipinski definition) is 7. The molecule has 0 unspecified atom stereocenters. The van der Waals surface area contributed by atoms with E-state index in [0.717, 1.165) is 12.8 Å². The maximum absolute atomic E-state index is 13.2. The fourth-order valence-corrected chi connectivity index (χ4v) is 4.16. The van der Waals surface area contributed by atoms with Crippen molar-refractivity contribution in [3.63, 3.8) is 0 Å². The van der Waals surface area contributed by atoms with Gasteiger partial charge in [0.2, 0.25) is 5.91 Å². The lowest BCUT2D eigenvalue weighted by molar-refractivity contribution is -0.120. The average Bonchev–Trinajstić information content (AvgIpc) is 3.23. The van der Waals surface area contributed by atoms with E-state index in [0.29, 0.717) is 41.3 Å². The molecule has 0 aliphatic carbocycles. The van der Waals surface area contributed by atoms with Crippen molar-refractivity contribution in [1.82, 2.24) is 14.9 Å². The van der Waals surface area contributed by atoms with Crippen molar-refractivity contribution in [3.8, 4) is 0 Å². The number of esters is 1. The number of ether oxygens (including phenoxy) is 2. The minimum absolute atomic E-state index is 0.0552. The molecule has 1 aliphatic heterocycles. The molecule has 1 fully saturated rings. The fraction of sp³-hybridized carbons (Fsp3) is 0.500. The van der Waals surface area contributed by atoms with Crippen LogP contribution in [-0.2, 0) is 20.8 Å². The number of aromatic nitrogens is 2. The van der Waals surface area contributed by atoms with Crippen LogP contribution in [0.1, 0.15) is 37.0 Å². The van der Waals surface area contributed by atoms with Crippen molar-refractivity contribution in [1.29, 1.82) is 0 Å². The summed E-state index contributed by atoms with van der Waals surface area (Å²) in [5.41, 5.74) is 0.496. The van der Waals surface area contributed by atoms with Crippen molar-refractivity contribution >= 4 is 34.5 Å². The summed E-state index contributed by atoms with van der Waals surface area (Å²) >= 11 is 1.22. The second-order valence-electron chi connectivity index (χ2n) is 6.82. The summed E-state index contributed by atoms with van der Waals surface area (Å²) < 4.78 is 12.0. The van der Waals surface area contributed by atoms with Gasteiger partial charge in [0.1, 0.15) is 0 Å². The number of nitrogens with zero attached hydrogens (tertiary/aromatic N) is 2. The van der Waals surface area contributed by atoms with Crippen molar-refractivity contribution in [2.45, 2.75) is 49.7 Å². The maximum atomic E-state index is 13.2. The second kappa shape index (κ2) is 9.41. The van der Waals surface area contributed by atoms with Gasteiger partial charge in [-0.1, -0.05) is 11.8 Å². The predicted octanol–water partition coefficient (Wildman–Crippen LogP) is 1.98. The summed E-state index contributed by atoms with van der Waals surface area (Å²) in [6, 6.07) is 4.68. The first-order valence-electron chi connectivity index (χ1n) is 9.63. The molecule has 2 heterocycles. The largest absolute Gasteiger partial charge is 0.465 e. The van der Waals surface area contributed by atoms with Gasteiger partial charge in [-0.3, -0.25) is 14.2 Å². The van der Waals surface area contributed by atoms with E-state index in [2.05, 4.69) is 10.3 Å². The molecule has 0 radical (unpaired) electrons. The summed E-state index contributed by atoms with van der Waals surface area (Å²) in [5.74, 6) is -0.624. The van der Waals surface area contributed by atoms with Crippen LogP contribution >= 0.6 is 11.8 Å². The Balaban J connectivity index is 2.05. The van der Waals surface area contributed by atoms with Crippen LogP contribution in [0.5, 0.6) is 0 Å². The zero-order valence-corrected chi connectivity index (χ0v) is 17.6. The Morgan fingerprint density at radius 2 is 2.24 bits per heavy atom. The van der Waals surface area contributed by atoms with Crippen molar-refractivity contribution in [3.05, 3.63) is 34.1 Å². The van der Waals surface area contributed by atoms with Crippen LogP contribution in [0.25, 0.3) is 10.9 Å². The number of methoxy groups -OCH3 is 1. The molecule has 1 N–H and O–H groups in total. The van der Waals surface area contributed by atoms with Gasteiger partial charge in [-0.2, -0.15) is 0 Å². The molecular weight excluding hydrogens is 394 g/mol. The van der Waals surface area contributed by atoms with Crippen LogP contribution in [0, 0.1) is 0 Å². The highest BCUT2D eigenvalue weighted by Gasteiger charge is 2.23. The maximum Gasteiger partial charge on any atom is 0.337 e. The van der Waals surface area contributed by atoms with Crippen LogP contribution in [0.2, 0.25) is 0 Å². The van der Waals surface area contributed by atoms with E-state index in [1.54, 1.807) is 29.7 Å². The summed E-state index contributed by atoms with van der Waals surface area (Å²) in [7, 11) is 1.30. The third-order valence-corrected chi connectivity index (χ3v) is 5.84. The highest BCUT2D eigenvalue weighted by atomic mass is 32.2. The van der Waals surface area contributed by atoms with Gasteiger partial charge in [0.25, 0.3) is 5.56 Å².